The molecule has 92 valence electrons. The van der Waals surface area contributed by atoms with Crippen LogP contribution >= 0.6 is 0 Å². The van der Waals surface area contributed by atoms with Crippen LogP contribution in [0.15, 0.2) is 48.5 Å². The first kappa shape index (κ1) is 12.0. The monoisotopic (exact) mass is 243 g/mol. The molecule has 0 spiro atoms. The van der Waals surface area contributed by atoms with Gasteiger partial charge in [0.15, 0.2) is 0 Å². The summed E-state index contributed by atoms with van der Waals surface area (Å²) < 4.78 is 5.50. The number of phenols is 1. The fourth-order valence-electron chi connectivity index (χ4n) is 1.51. The van der Waals surface area contributed by atoms with Crippen molar-refractivity contribution in [3.63, 3.8) is 0 Å². The summed E-state index contributed by atoms with van der Waals surface area (Å²) in [5.74, 6) is 0.306. The zero-order valence-electron chi connectivity index (χ0n) is 9.67. The first-order chi connectivity index (χ1) is 8.65. The van der Waals surface area contributed by atoms with Crippen LogP contribution in [0.5, 0.6) is 11.5 Å². The maximum absolute atomic E-state index is 10.9. The van der Waals surface area contributed by atoms with Crippen molar-refractivity contribution in [2.24, 2.45) is 5.73 Å². The molecule has 0 radical (unpaired) electrons. The zero-order chi connectivity index (χ0) is 13.0. The summed E-state index contributed by atoms with van der Waals surface area (Å²) in [7, 11) is 0. The molecule has 0 saturated carbocycles. The summed E-state index contributed by atoms with van der Waals surface area (Å²) in [4.78, 5) is 10.9. The first-order valence-corrected chi connectivity index (χ1v) is 5.46. The number of amides is 1. The Bertz CT molecular complexity index is 549. The van der Waals surface area contributed by atoms with E-state index in [1.165, 1.54) is 6.07 Å². The van der Waals surface area contributed by atoms with Gasteiger partial charge in [0.1, 0.15) is 18.1 Å². The van der Waals surface area contributed by atoms with E-state index in [0.29, 0.717) is 17.9 Å². The van der Waals surface area contributed by atoms with E-state index in [-0.39, 0.29) is 5.75 Å². The molecule has 0 aliphatic carbocycles. The number of hydrogen-bond acceptors (Lipinski definition) is 3. The smallest absolute Gasteiger partial charge is 0.248 e. The van der Waals surface area contributed by atoms with Gasteiger partial charge in [-0.15, -0.1) is 0 Å². The van der Waals surface area contributed by atoms with Crippen LogP contribution in [0, 0.1) is 0 Å². The highest BCUT2D eigenvalue weighted by Crippen LogP contribution is 2.18. The number of nitrogens with two attached hydrogens (primary N) is 1. The van der Waals surface area contributed by atoms with Crippen LogP contribution in [-0.4, -0.2) is 11.0 Å². The number of aromatic hydroxyl groups is 1. The minimum atomic E-state index is -0.449. The lowest BCUT2D eigenvalue weighted by atomic mass is 10.1. The van der Waals surface area contributed by atoms with Crippen LogP contribution < -0.4 is 10.5 Å². The second-order valence-electron chi connectivity index (χ2n) is 3.85. The van der Waals surface area contributed by atoms with E-state index < -0.39 is 5.91 Å². The molecule has 2 aromatic carbocycles. The number of phenolic OH excluding ortho intramolecular Hbond substituents is 1. The van der Waals surface area contributed by atoms with E-state index in [2.05, 4.69) is 0 Å². The van der Waals surface area contributed by atoms with Crippen LogP contribution in [0.25, 0.3) is 0 Å². The second-order valence-corrected chi connectivity index (χ2v) is 3.85. The van der Waals surface area contributed by atoms with Crippen LogP contribution in [0.3, 0.4) is 0 Å². The van der Waals surface area contributed by atoms with Crippen molar-refractivity contribution in [3.05, 3.63) is 59.7 Å². The molecule has 0 atom stereocenters. The van der Waals surface area contributed by atoms with Gasteiger partial charge in [-0.1, -0.05) is 18.2 Å². The Labute approximate surface area is 105 Å². The molecular formula is C14H13NO3. The van der Waals surface area contributed by atoms with Gasteiger partial charge in [0, 0.05) is 11.6 Å². The van der Waals surface area contributed by atoms with Crippen LogP contribution in [0.1, 0.15) is 15.9 Å². The van der Waals surface area contributed by atoms with Crippen molar-refractivity contribution in [1.82, 2.24) is 0 Å². The van der Waals surface area contributed by atoms with E-state index in [1.807, 2.05) is 0 Å². The average molecular weight is 243 g/mol. The summed E-state index contributed by atoms with van der Waals surface area (Å²) in [5, 5.41) is 9.28. The van der Waals surface area contributed by atoms with Crippen molar-refractivity contribution in [2.45, 2.75) is 6.61 Å². The maximum Gasteiger partial charge on any atom is 0.248 e. The third-order valence-corrected chi connectivity index (χ3v) is 2.46. The van der Waals surface area contributed by atoms with E-state index in [1.54, 1.807) is 42.5 Å². The van der Waals surface area contributed by atoms with Crippen molar-refractivity contribution in [1.29, 1.82) is 0 Å². The molecule has 4 heteroatoms. The largest absolute Gasteiger partial charge is 0.508 e. The number of primary amides is 1. The van der Waals surface area contributed by atoms with Crippen molar-refractivity contribution < 1.29 is 14.6 Å². The van der Waals surface area contributed by atoms with Gasteiger partial charge in [-0.2, -0.15) is 0 Å². The number of benzene rings is 2. The lowest BCUT2D eigenvalue weighted by Crippen LogP contribution is -2.10. The Morgan fingerprint density at radius 3 is 2.50 bits per heavy atom. The van der Waals surface area contributed by atoms with Gasteiger partial charge < -0.3 is 15.6 Å². The fraction of sp³-hybridized carbons (Fsp3) is 0.0714. The molecule has 0 bridgehead atoms. The van der Waals surface area contributed by atoms with Gasteiger partial charge in [-0.25, -0.2) is 0 Å². The molecule has 4 nitrogen and oxygen atoms in total. The topological polar surface area (TPSA) is 72.6 Å². The van der Waals surface area contributed by atoms with E-state index in [0.717, 1.165) is 5.56 Å². The molecule has 0 fully saturated rings. The number of rotatable bonds is 4. The molecule has 18 heavy (non-hydrogen) atoms. The third kappa shape index (κ3) is 3.01. The second kappa shape index (κ2) is 5.23. The summed E-state index contributed by atoms with van der Waals surface area (Å²) in [6, 6.07) is 13.5. The minimum absolute atomic E-state index is 0.163. The highest BCUT2D eigenvalue weighted by molar-refractivity contribution is 5.92. The molecular weight excluding hydrogens is 230 g/mol. The van der Waals surface area contributed by atoms with Gasteiger partial charge in [0.25, 0.3) is 0 Å². The summed E-state index contributed by atoms with van der Waals surface area (Å²) in [6.45, 7) is 0.364. The quantitative estimate of drug-likeness (QED) is 0.863. The number of carbonyl (C=O) groups excluding carboxylic acids is 1. The Balaban J connectivity index is 2.00. The van der Waals surface area contributed by atoms with Crippen LogP contribution in [0.2, 0.25) is 0 Å². The maximum atomic E-state index is 10.9. The van der Waals surface area contributed by atoms with Crippen LogP contribution in [-0.2, 0) is 6.61 Å². The van der Waals surface area contributed by atoms with Crippen LogP contribution in [0.4, 0.5) is 0 Å². The summed E-state index contributed by atoms with van der Waals surface area (Å²) in [5.41, 5.74) is 6.54. The molecule has 0 saturated heterocycles. The zero-order valence-corrected chi connectivity index (χ0v) is 9.67. The predicted octanol–water partition coefficient (Wildman–Crippen LogP) is 2.07. The summed E-state index contributed by atoms with van der Waals surface area (Å²) >= 11 is 0. The summed E-state index contributed by atoms with van der Waals surface area (Å²) in [6.07, 6.45) is 0. The number of carbonyl (C=O) groups is 1. The lowest BCUT2D eigenvalue weighted by molar-refractivity contribution is 0.1000. The Morgan fingerprint density at radius 1 is 1.17 bits per heavy atom. The van der Waals surface area contributed by atoms with Crippen molar-refractivity contribution >= 4 is 5.91 Å². The molecule has 0 unspecified atom stereocenters. The SMILES string of the molecule is NC(=O)c1ccc(COc2cccc(O)c2)cc1. The van der Waals surface area contributed by atoms with Gasteiger partial charge in [0.2, 0.25) is 5.91 Å². The minimum Gasteiger partial charge on any atom is -0.508 e. The van der Waals surface area contributed by atoms with Gasteiger partial charge in [-0.05, 0) is 29.8 Å². The Kier molecular flexibility index (Phi) is 3.48. The third-order valence-electron chi connectivity index (χ3n) is 2.46. The highest BCUT2D eigenvalue weighted by Gasteiger charge is 2.01. The molecule has 0 aliphatic rings. The predicted molar refractivity (Wildman–Crippen MR) is 67.4 cm³/mol. The van der Waals surface area contributed by atoms with E-state index in [9.17, 15) is 9.90 Å². The van der Waals surface area contributed by atoms with Gasteiger partial charge in [-0.3, -0.25) is 4.79 Å². The standard InChI is InChI=1S/C14H13NO3/c15-14(17)11-6-4-10(5-7-11)9-18-13-3-1-2-12(16)8-13/h1-8,16H,9H2,(H2,15,17). The van der Waals surface area contributed by atoms with E-state index in [4.69, 9.17) is 10.5 Å². The number of hydrogen-bond donors (Lipinski definition) is 2. The van der Waals surface area contributed by atoms with E-state index >= 15 is 0 Å². The Hall–Kier alpha value is -2.49. The molecule has 2 rings (SSSR count). The number of ether oxygens (including phenoxy) is 1. The first-order valence-electron chi connectivity index (χ1n) is 5.46. The lowest BCUT2D eigenvalue weighted by Gasteiger charge is -2.06. The molecule has 0 aromatic heterocycles. The molecule has 2 aromatic rings. The van der Waals surface area contributed by atoms with Crippen molar-refractivity contribution in [3.8, 4) is 11.5 Å². The molecule has 0 aliphatic heterocycles. The molecule has 1 amide bonds. The normalized spacial score (nSPS) is 10.0. The fourth-order valence-corrected chi connectivity index (χ4v) is 1.51. The Morgan fingerprint density at radius 2 is 1.89 bits per heavy atom. The van der Waals surface area contributed by atoms with Gasteiger partial charge in [0.05, 0.1) is 0 Å². The molecule has 3 N–H and O–H groups in total. The average Bonchev–Trinajstić information content (AvgIpc) is 2.37. The highest BCUT2D eigenvalue weighted by atomic mass is 16.5. The molecule has 0 heterocycles. The van der Waals surface area contributed by atoms with Crippen molar-refractivity contribution in [2.75, 3.05) is 0 Å². The van der Waals surface area contributed by atoms with Gasteiger partial charge >= 0.3 is 0 Å².